The van der Waals surface area contributed by atoms with Gasteiger partial charge in [0.1, 0.15) is 11.6 Å². The highest BCUT2D eigenvalue weighted by Crippen LogP contribution is 2.12. The van der Waals surface area contributed by atoms with E-state index in [1.165, 1.54) is 12.3 Å². The first-order valence-electron chi connectivity index (χ1n) is 4.94. The number of hydrogen-bond donors (Lipinski definition) is 2. The zero-order valence-electron chi connectivity index (χ0n) is 8.65. The van der Waals surface area contributed by atoms with Gasteiger partial charge in [-0.1, -0.05) is 18.2 Å². The van der Waals surface area contributed by atoms with Crippen LogP contribution < -0.4 is 11.1 Å². The average Bonchev–Trinajstić information content (AvgIpc) is 2.30. The van der Waals surface area contributed by atoms with Gasteiger partial charge in [0.05, 0.1) is 6.20 Å². The number of hydrogen-bond acceptors (Lipinski definition) is 3. The van der Waals surface area contributed by atoms with Gasteiger partial charge in [0.15, 0.2) is 0 Å². The number of para-hydroxylation sites is 1. The first kappa shape index (κ1) is 10.4. The van der Waals surface area contributed by atoms with E-state index in [0.717, 1.165) is 11.3 Å². The van der Waals surface area contributed by atoms with E-state index in [1.807, 2.05) is 24.3 Å². The number of nitrogens with one attached hydrogen (secondary N) is 1. The Kier molecular flexibility index (Phi) is 3.00. The zero-order valence-corrected chi connectivity index (χ0v) is 8.65. The van der Waals surface area contributed by atoms with Crippen LogP contribution in [0.25, 0.3) is 0 Å². The molecule has 3 N–H and O–H groups in total. The predicted molar refractivity (Wildman–Crippen MR) is 62.4 cm³/mol. The van der Waals surface area contributed by atoms with Gasteiger partial charge in [0.25, 0.3) is 0 Å². The Hall–Kier alpha value is -2.10. The molecule has 0 saturated heterocycles. The predicted octanol–water partition coefficient (Wildman–Crippen LogP) is 2.42. The summed E-state index contributed by atoms with van der Waals surface area (Å²) in [5.41, 5.74) is 7.52. The molecule has 0 bridgehead atoms. The molecule has 0 aliphatic heterocycles. The fourth-order valence-corrected chi connectivity index (χ4v) is 1.36. The summed E-state index contributed by atoms with van der Waals surface area (Å²) in [5.74, 6) is 0.287. The summed E-state index contributed by atoms with van der Waals surface area (Å²) in [6.45, 7) is 0.575. The van der Waals surface area contributed by atoms with Crippen molar-refractivity contribution in [3.8, 4) is 0 Å². The number of aromatic nitrogens is 1. The topological polar surface area (TPSA) is 50.9 Å². The lowest BCUT2D eigenvalue weighted by molar-refractivity contribution is 0.621. The van der Waals surface area contributed by atoms with E-state index in [4.69, 9.17) is 5.73 Å². The molecule has 0 fully saturated rings. The third-order valence-corrected chi connectivity index (χ3v) is 2.24. The Labute approximate surface area is 93.1 Å². The summed E-state index contributed by atoms with van der Waals surface area (Å²) in [6, 6.07) is 10.5. The van der Waals surface area contributed by atoms with Gasteiger partial charge in [-0.05, 0) is 23.8 Å². The standard InChI is InChI=1S/C12H12FN3/c13-10-5-6-12(16-8-10)15-7-9-3-1-2-4-11(9)14/h1-6,8H,7,14H2,(H,15,16). The molecule has 0 aliphatic carbocycles. The van der Waals surface area contributed by atoms with E-state index in [-0.39, 0.29) is 5.82 Å². The lowest BCUT2D eigenvalue weighted by Crippen LogP contribution is -2.03. The summed E-state index contributed by atoms with van der Waals surface area (Å²) >= 11 is 0. The van der Waals surface area contributed by atoms with Crippen molar-refractivity contribution in [2.45, 2.75) is 6.54 Å². The summed E-state index contributed by atoms with van der Waals surface area (Å²) < 4.78 is 12.6. The molecule has 2 rings (SSSR count). The highest BCUT2D eigenvalue weighted by atomic mass is 19.1. The SMILES string of the molecule is Nc1ccccc1CNc1ccc(F)cn1. The maximum atomic E-state index is 12.6. The maximum absolute atomic E-state index is 12.6. The minimum Gasteiger partial charge on any atom is -0.398 e. The van der Waals surface area contributed by atoms with Gasteiger partial charge in [-0.3, -0.25) is 0 Å². The molecule has 0 unspecified atom stereocenters. The molecule has 1 aromatic carbocycles. The highest BCUT2D eigenvalue weighted by Gasteiger charge is 1.98. The van der Waals surface area contributed by atoms with E-state index in [0.29, 0.717) is 12.4 Å². The van der Waals surface area contributed by atoms with Crippen LogP contribution >= 0.6 is 0 Å². The summed E-state index contributed by atoms with van der Waals surface area (Å²) in [7, 11) is 0. The molecule has 0 aliphatic rings. The number of anilines is 2. The Morgan fingerprint density at radius 3 is 2.69 bits per heavy atom. The Morgan fingerprint density at radius 1 is 1.19 bits per heavy atom. The van der Waals surface area contributed by atoms with E-state index < -0.39 is 0 Å². The second-order valence-electron chi connectivity index (χ2n) is 3.41. The van der Waals surface area contributed by atoms with Gasteiger partial charge in [-0.2, -0.15) is 0 Å². The first-order chi connectivity index (χ1) is 7.75. The van der Waals surface area contributed by atoms with Crippen LogP contribution in [0.3, 0.4) is 0 Å². The van der Waals surface area contributed by atoms with Crippen LogP contribution in [-0.4, -0.2) is 4.98 Å². The number of halogens is 1. The fraction of sp³-hybridized carbons (Fsp3) is 0.0833. The van der Waals surface area contributed by atoms with E-state index in [9.17, 15) is 4.39 Å². The number of rotatable bonds is 3. The number of benzene rings is 1. The van der Waals surface area contributed by atoms with Crippen molar-refractivity contribution in [3.63, 3.8) is 0 Å². The molecule has 16 heavy (non-hydrogen) atoms. The van der Waals surface area contributed by atoms with Crippen molar-refractivity contribution in [3.05, 3.63) is 54.0 Å². The van der Waals surface area contributed by atoms with E-state index >= 15 is 0 Å². The minimum absolute atomic E-state index is 0.343. The smallest absolute Gasteiger partial charge is 0.141 e. The van der Waals surface area contributed by atoms with Gasteiger partial charge in [-0.15, -0.1) is 0 Å². The fourth-order valence-electron chi connectivity index (χ4n) is 1.36. The van der Waals surface area contributed by atoms with Crippen LogP contribution in [0.1, 0.15) is 5.56 Å². The molecule has 0 radical (unpaired) electrons. The molecular formula is C12H12FN3. The molecule has 0 amide bonds. The van der Waals surface area contributed by atoms with Crippen LogP contribution in [-0.2, 0) is 6.54 Å². The third-order valence-electron chi connectivity index (χ3n) is 2.24. The van der Waals surface area contributed by atoms with Crippen molar-refractivity contribution in [1.29, 1.82) is 0 Å². The monoisotopic (exact) mass is 217 g/mol. The van der Waals surface area contributed by atoms with Gasteiger partial charge >= 0.3 is 0 Å². The molecule has 1 heterocycles. The largest absolute Gasteiger partial charge is 0.398 e. The van der Waals surface area contributed by atoms with Crippen LogP contribution in [0.15, 0.2) is 42.6 Å². The number of nitrogens with zero attached hydrogens (tertiary/aromatic N) is 1. The molecule has 1 aromatic heterocycles. The minimum atomic E-state index is -0.343. The van der Waals surface area contributed by atoms with E-state index in [1.54, 1.807) is 6.07 Å². The summed E-state index contributed by atoms with van der Waals surface area (Å²) in [6.07, 6.45) is 1.18. The molecule has 0 spiro atoms. The van der Waals surface area contributed by atoms with Gasteiger partial charge < -0.3 is 11.1 Å². The lowest BCUT2D eigenvalue weighted by Gasteiger charge is -2.07. The Balaban J connectivity index is 2.02. The molecule has 0 atom stereocenters. The highest BCUT2D eigenvalue weighted by molar-refractivity contribution is 5.48. The van der Waals surface area contributed by atoms with Gasteiger partial charge in [0, 0.05) is 12.2 Å². The molecule has 4 heteroatoms. The molecule has 3 nitrogen and oxygen atoms in total. The van der Waals surface area contributed by atoms with Crippen LogP contribution in [0, 0.1) is 5.82 Å². The average molecular weight is 217 g/mol. The second-order valence-corrected chi connectivity index (χ2v) is 3.41. The Morgan fingerprint density at radius 2 is 2.00 bits per heavy atom. The molecular weight excluding hydrogens is 205 g/mol. The van der Waals surface area contributed by atoms with Crippen molar-refractivity contribution in [2.24, 2.45) is 0 Å². The Bertz CT molecular complexity index is 468. The normalized spacial score (nSPS) is 10.1. The van der Waals surface area contributed by atoms with Crippen LogP contribution in [0.4, 0.5) is 15.9 Å². The van der Waals surface area contributed by atoms with E-state index in [2.05, 4.69) is 10.3 Å². The van der Waals surface area contributed by atoms with Crippen molar-refractivity contribution >= 4 is 11.5 Å². The lowest BCUT2D eigenvalue weighted by atomic mass is 10.2. The van der Waals surface area contributed by atoms with Gasteiger partial charge in [-0.25, -0.2) is 9.37 Å². The summed E-state index contributed by atoms with van der Waals surface area (Å²) in [4.78, 5) is 3.90. The molecule has 0 saturated carbocycles. The van der Waals surface area contributed by atoms with Crippen LogP contribution in [0.5, 0.6) is 0 Å². The third kappa shape index (κ3) is 2.48. The maximum Gasteiger partial charge on any atom is 0.141 e. The zero-order chi connectivity index (χ0) is 11.4. The van der Waals surface area contributed by atoms with Crippen molar-refractivity contribution < 1.29 is 4.39 Å². The molecule has 82 valence electrons. The van der Waals surface area contributed by atoms with Crippen molar-refractivity contribution in [1.82, 2.24) is 4.98 Å². The van der Waals surface area contributed by atoms with Crippen LogP contribution in [0.2, 0.25) is 0 Å². The van der Waals surface area contributed by atoms with Crippen molar-refractivity contribution in [2.75, 3.05) is 11.1 Å². The number of pyridine rings is 1. The first-order valence-corrected chi connectivity index (χ1v) is 4.94. The number of nitrogen functional groups attached to an aromatic ring is 1. The number of nitrogens with two attached hydrogens (primary N) is 1. The summed E-state index contributed by atoms with van der Waals surface area (Å²) in [5, 5.41) is 3.07. The quantitative estimate of drug-likeness (QED) is 0.776. The van der Waals surface area contributed by atoms with Gasteiger partial charge in [0.2, 0.25) is 0 Å². The molecule has 2 aromatic rings. The second kappa shape index (κ2) is 4.61.